The maximum Gasteiger partial charge on any atom is 0.286 e. The highest BCUT2D eigenvalue weighted by molar-refractivity contribution is 5.93. The molecular formula is C32H41N5O6. The minimum absolute atomic E-state index is 0.0648. The summed E-state index contributed by atoms with van der Waals surface area (Å²) < 4.78 is 15.3. The number of para-hydroxylation sites is 3. The van der Waals surface area contributed by atoms with E-state index >= 15 is 0 Å². The zero-order valence-electron chi connectivity index (χ0n) is 24.8. The van der Waals surface area contributed by atoms with Crippen LogP contribution in [0.1, 0.15) is 55.7 Å². The van der Waals surface area contributed by atoms with Crippen LogP contribution in [0.15, 0.2) is 71.2 Å². The molecular weight excluding hydrogens is 550 g/mol. The zero-order chi connectivity index (χ0) is 30.8. The van der Waals surface area contributed by atoms with Gasteiger partial charge in [0.25, 0.3) is 11.5 Å². The number of carbonyl (C=O) groups excluding carboxylic acids is 2. The molecule has 1 aliphatic heterocycles. The fraction of sp³-hybridized carbons (Fsp3) is 0.406. The summed E-state index contributed by atoms with van der Waals surface area (Å²) in [7, 11) is 1.84. The number of unbranched alkanes of at least 4 members (excludes halogenated alkanes) is 2. The van der Waals surface area contributed by atoms with Gasteiger partial charge in [0.1, 0.15) is 0 Å². The van der Waals surface area contributed by atoms with Gasteiger partial charge in [-0.3, -0.25) is 19.1 Å². The van der Waals surface area contributed by atoms with Gasteiger partial charge in [-0.2, -0.15) is 0 Å². The van der Waals surface area contributed by atoms with Gasteiger partial charge in [0, 0.05) is 50.2 Å². The van der Waals surface area contributed by atoms with Crippen molar-refractivity contribution in [3.05, 3.63) is 88.0 Å². The molecule has 11 heteroatoms. The van der Waals surface area contributed by atoms with E-state index in [-0.39, 0.29) is 30.3 Å². The molecule has 1 aromatic heterocycles. The maximum absolute atomic E-state index is 13.7. The van der Waals surface area contributed by atoms with Crippen LogP contribution in [-0.4, -0.2) is 52.3 Å². The lowest BCUT2D eigenvalue weighted by Gasteiger charge is -2.29. The van der Waals surface area contributed by atoms with E-state index in [1.807, 2.05) is 49.0 Å². The van der Waals surface area contributed by atoms with Crippen LogP contribution in [0.5, 0.6) is 0 Å². The Kier molecular flexibility index (Phi) is 11.2. The summed E-state index contributed by atoms with van der Waals surface area (Å²) >= 11 is 0. The van der Waals surface area contributed by atoms with Gasteiger partial charge in [0.2, 0.25) is 12.2 Å². The number of amides is 2. The summed E-state index contributed by atoms with van der Waals surface area (Å²) in [5.74, 6) is -0.872. The van der Waals surface area contributed by atoms with Crippen molar-refractivity contribution in [1.29, 1.82) is 0 Å². The van der Waals surface area contributed by atoms with Gasteiger partial charge in [0.15, 0.2) is 5.76 Å². The second-order valence-corrected chi connectivity index (χ2v) is 10.5. The van der Waals surface area contributed by atoms with Crippen molar-refractivity contribution in [3.8, 4) is 5.69 Å². The summed E-state index contributed by atoms with van der Waals surface area (Å²) in [5.41, 5.74) is 8.90. The lowest BCUT2D eigenvalue weighted by molar-refractivity contribution is -0.146. The van der Waals surface area contributed by atoms with E-state index in [9.17, 15) is 14.4 Å². The van der Waals surface area contributed by atoms with Gasteiger partial charge >= 0.3 is 0 Å². The van der Waals surface area contributed by atoms with E-state index in [0.29, 0.717) is 62.2 Å². The van der Waals surface area contributed by atoms with Crippen molar-refractivity contribution in [1.82, 2.24) is 14.7 Å². The molecule has 43 heavy (non-hydrogen) atoms. The van der Waals surface area contributed by atoms with Gasteiger partial charge < -0.3 is 30.9 Å². The molecule has 230 valence electrons. The average Bonchev–Trinajstić information content (AvgIpc) is 3.23. The van der Waals surface area contributed by atoms with Gasteiger partial charge in [-0.25, -0.2) is 4.68 Å². The van der Waals surface area contributed by atoms with Gasteiger partial charge in [-0.05, 0) is 62.9 Å². The zero-order valence-corrected chi connectivity index (χ0v) is 24.8. The van der Waals surface area contributed by atoms with Gasteiger partial charge in [-0.1, -0.05) is 30.3 Å². The van der Waals surface area contributed by atoms with Gasteiger partial charge in [0.05, 0.1) is 23.7 Å². The summed E-state index contributed by atoms with van der Waals surface area (Å²) in [4.78, 5) is 39.1. The predicted octanol–water partition coefficient (Wildman–Crippen LogP) is 3.49. The van der Waals surface area contributed by atoms with Crippen LogP contribution in [0.2, 0.25) is 0 Å². The number of anilines is 2. The van der Waals surface area contributed by atoms with E-state index in [0.717, 1.165) is 11.4 Å². The largest absolute Gasteiger partial charge is 0.459 e. The monoisotopic (exact) mass is 591 g/mol. The third-order valence-corrected chi connectivity index (χ3v) is 7.46. The molecule has 0 spiro atoms. The van der Waals surface area contributed by atoms with E-state index in [1.54, 1.807) is 35.0 Å². The number of aliphatic hydroxyl groups is 1. The Bertz CT molecular complexity index is 1480. The van der Waals surface area contributed by atoms with Gasteiger partial charge in [-0.15, -0.1) is 0 Å². The Balaban J connectivity index is 1.42. The quantitative estimate of drug-likeness (QED) is 0.166. The second kappa shape index (κ2) is 15.2. The first-order valence-electron chi connectivity index (χ1n) is 14.7. The van der Waals surface area contributed by atoms with Crippen LogP contribution in [-0.2, 0) is 26.1 Å². The molecule has 5 N–H and O–H groups in total. The predicted molar refractivity (Wildman–Crippen MR) is 165 cm³/mol. The fourth-order valence-corrected chi connectivity index (χ4v) is 5.09. The average molecular weight is 592 g/mol. The van der Waals surface area contributed by atoms with Crippen LogP contribution < -0.4 is 21.9 Å². The molecule has 0 bridgehead atoms. The molecule has 2 heterocycles. The Morgan fingerprint density at radius 2 is 1.81 bits per heavy atom. The van der Waals surface area contributed by atoms with Crippen LogP contribution in [0.4, 0.5) is 11.4 Å². The lowest BCUT2D eigenvalue weighted by atomic mass is 9.93. The molecule has 2 atom stereocenters. The Morgan fingerprint density at radius 1 is 1.07 bits per heavy atom. The van der Waals surface area contributed by atoms with Crippen molar-refractivity contribution in [2.24, 2.45) is 7.05 Å². The normalized spacial score (nSPS) is 16.3. The highest BCUT2D eigenvalue weighted by Crippen LogP contribution is 2.32. The number of benzene rings is 2. The number of hydrogen-bond donors (Lipinski definition) is 4. The first-order chi connectivity index (χ1) is 20.8. The number of nitrogens with two attached hydrogens (primary N) is 1. The fourth-order valence-electron chi connectivity index (χ4n) is 5.09. The number of aromatic nitrogens is 2. The highest BCUT2D eigenvalue weighted by Gasteiger charge is 2.33. The molecule has 2 aromatic carbocycles. The molecule has 2 amide bonds. The number of nitrogen functional groups attached to an aromatic ring is 1. The third-order valence-electron chi connectivity index (χ3n) is 7.46. The Labute approximate surface area is 251 Å². The van der Waals surface area contributed by atoms with E-state index in [2.05, 4.69) is 10.6 Å². The number of nitrogens with one attached hydrogen (secondary N) is 2. The minimum Gasteiger partial charge on any atom is -0.459 e. The standard InChI is InChI=1S/C32H41N5O6/c1-22-30(32(41)37(36(22)2)24-12-4-3-5-13-24)23-20-27(43-29(21-23)42-19-11-10-18-38)31(40)34-17-9-8-16-28(39)35-26-15-7-6-14-25(26)33/h3-7,12-15,20,23,29,38H,8-11,16-19,21,33H2,1-2H3,(H,34,40)(H,35,39)/t23-,29+/m1/s1. The number of aliphatic hydroxyl groups excluding tert-OH is 1. The Morgan fingerprint density at radius 3 is 2.56 bits per heavy atom. The SMILES string of the molecule is Cc1c([C@@H]2C=C(C(=O)NCCCCC(=O)Nc3ccccc3N)O[C@H](OCCCCO)C2)c(=O)n(-c2ccccc2)n1C. The van der Waals surface area contributed by atoms with E-state index in [4.69, 9.17) is 20.3 Å². The lowest BCUT2D eigenvalue weighted by Crippen LogP contribution is -2.34. The van der Waals surface area contributed by atoms with Crippen LogP contribution in [0, 0.1) is 6.92 Å². The van der Waals surface area contributed by atoms with Crippen molar-refractivity contribution >= 4 is 23.2 Å². The minimum atomic E-state index is -0.729. The number of nitrogens with zero attached hydrogens (tertiary/aromatic N) is 2. The molecule has 0 saturated carbocycles. The summed E-state index contributed by atoms with van der Waals surface area (Å²) in [6.07, 6.45) is 4.01. The Hall–Kier alpha value is -4.35. The third kappa shape index (κ3) is 8.14. The molecule has 11 nitrogen and oxygen atoms in total. The van der Waals surface area contributed by atoms with Crippen molar-refractivity contribution in [2.45, 2.75) is 57.7 Å². The molecule has 0 radical (unpaired) electrons. The second-order valence-electron chi connectivity index (χ2n) is 10.5. The molecule has 0 fully saturated rings. The van der Waals surface area contributed by atoms with Crippen molar-refractivity contribution < 1.29 is 24.2 Å². The summed E-state index contributed by atoms with van der Waals surface area (Å²) in [6.45, 7) is 2.65. The maximum atomic E-state index is 13.7. The smallest absolute Gasteiger partial charge is 0.286 e. The molecule has 0 saturated heterocycles. The molecule has 0 unspecified atom stereocenters. The number of hydrogen-bond acceptors (Lipinski definition) is 7. The topological polar surface area (TPSA) is 150 Å². The number of allylic oxidation sites excluding steroid dienone is 1. The summed E-state index contributed by atoms with van der Waals surface area (Å²) in [5, 5.41) is 14.8. The molecule has 4 rings (SSSR count). The molecule has 0 aliphatic carbocycles. The van der Waals surface area contributed by atoms with E-state index in [1.165, 1.54) is 0 Å². The molecule has 1 aliphatic rings. The number of ether oxygens (including phenoxy) is 2. The van der Waals surface area contributed by atoms with Crippen LogP contribution >= 0.6 is 0 Å². The first kappa shape index (κ1) is 31.6. The number of carbonyl (C=O) groups is 2. The van der Waals surface area contributed by atoms with E-state index < -0.39 is 18.1 Å². The first-order valence-corrected chi connectivity index (χ1v) is 14.7. The van der Waals surface area contributed by atoms with Crippen molar-refractivity contribution in [2.75, 3.05) is 30.8 Å². The number of rotatable bonds is 14. The highest BCUT2D eigenvalue weighted by atomic mass is 16.7. The molecule has 3 aromatic rings. The summed E-state index contributed by atoms with van der Waals surface area (Å²) in [6, 6.07) is 16.5. The van der Waals surface area contributed by atoms with Crippen LogP contribution in [0.25, 0.3) is 5.69 Å². The van der Waals surface area contributed by atoms with Crippen LogP contribution in [0.3, 0.4) is 0 Å². The van der Waals surface area contributed by atoms with Crippen molar-refractivity contribution in [3.63, 3.8) is 0 Å².